The van der Waals surface area contributed by atoms with Crippen molar-refractivity contribution in [1.29, 1.82) is 0 Å². The summed E-state index contributed by atoms with van der Waals surface area (Å²) in [4.78, 5) is 12.0. The first-order valence-electron chi connectivity index (χ1n) is 8.49. The predicted octanol–water partition coefficient (Wildman–Crippen LogP) is 3.63. The highest BCUT2D eigenvalue weighted by atomic mass is 32.2. The fourth-order valence-electron chi connectivity index (χ4n) is 2.42. The number of ether oxygens (including phenoxy) is 1. The first kappa shape index (κ1) is 18.8. The Morgan fingerprint density at radius 2 is 2.00 bits per heavy atom. The zero-order valence-corrected chi connectivity index (χ0v) is 16.0. The van der Waals surface area contributed by atoms with Crippen LogP contribution in [0.3, 0.4) is 0 Å². The van der Waals surface area contributed by atoms with Crippen molar-refractivity contribution in [3.8, 4) is 5.69 Å². The molecule has 0 saturated heterocycles. The van der Waals surface area contributed by atoms with Gasteiger partial charge in [-0.2, -0.15) is 4.68 Å². The average molecular weight is 380 g/mol. The van der Waals surface area contributed by atoms with E-state index in [1.165, 1.54) is 11.8 Å². The summed E-state index contributed by atoms with van der Waals surface area (Å²) < 4.78 is 6.87. The second kappa shape index (κ2) is 9.14. The van der Waals surface area contributed by atoms with E-state index in [1.54, 1.807) is 4.68 Å². The molecule has 0 spiro atoms. The zero-order chi connectivity index (χ0) is 19.1. The summed E-state index contributed by atoms with van der Waals surface area (Å²) in [6.45, 7) is 4.24. The number of thioether (sulfide) groups is 1. The van der Waals surface area contributed by atoms with Gasteiger partial charge in [-0.15, -0.1) is 5.10 Å². The molecule has 1 aromatic heterocycles. The molecule has 0 N–H and O–H groups in total. The number of rotatable bonds is 7. The number of carbonyl (C=O) groups is 1. The highest BCUT2D eigenvalue weighted by Gasteiger charge is 2.13. The monoisotopic (exact) mass is 380 g/mol. The number of tetrazole rings is 1. The van der Waals surface area contributed by atoms with Crippen molar-refractivity contribution in [2.24, 2.45) is 0 Å². The molecular weight excluding hydrogens is 360 g/mol. The van der Waals surface area contributed by atoms with Gasteiger partial charge in [-0.25, -0.2) is 0 Å². The van der Waals surface area contributed by atoms with Crippen LogP contribution in [0.1, 0.15) is 16.7 Å². The number of carbonyl (C=O) groups excluding carboxylic acids is 1. The fraction of sp³-hybridized carbons (Fsp3) is 0.200. The number of aryl methyl sites for hydroxylation is 2. The highest BCUT2D eigenvalue weighted by Crippen LogP contribution is 2.21. The Hall–Kier alpha value is -2.93. The Balaban J connectivity index is 1.53. The van der Waals surface area contributed by atoms with E-state index < -0.39 is 0 Å². The maximum Gasteiger partial charge on any atom is 0.316 e. The Bertz CT molecular complexity index is 938. The number of hydrogen-bond acceptors (Lipinski definition) is 6. The van der Waals surface area contributed by atoms with Crippen molar-refractivity contribution < 1.29 is 9.53 Å². The zero-order valence-electron chi connectivity index (χ0n) is 15.2. The third-order valence-electron chi connectivity index (χ3n) is 3.80. The molecule has 0 amide bonds. The highest BCUT2D eigenvalue weighted by molar-refractivity contribution is 7.99. The molecule has 6 nitrogen and oxygen atoms in total. The molecule has 2 aromatic carbocycles. The second-order valence-corrected chi connectivity index (χ2v) is 6.89. The van der Waals surface area contributed by atoms with Crippen molar-refractivity contribution in [2.45, 2.75) is 19.0 Å². The standard InChI is InChI=1S/C20H20N4O2S/c1-15-10-11-16(2)18(13-15)24-20(21-22-23-24)27-14-19(25)26-12-6-9-17-7-4-3-5-8-17/h3-11,13H,12,14H2,1-2H3/b9-6+. The molecule has 1 heterocycles. The van der Waals surface area contributed by atoms with E-state index in [1.807, 2.05) is 74.5 Å². The van der Waals surface area contributed by atoms with Crippen LogP contribution in [0.25, 0.3) is 11.8 Å². The Morgan fingerprint density at radius 1 is 1.19 bits per heavy atom. The Kier molecular flexibility index (Phi) is 6.38. The van der Waals surface area contributed by atoms with Crippen LogP contribution in [0.5, 0.6) is 0 Å². The quantitative estimate of drug-likeness (QED) is 0.460. The normalized spacial score (nSPS) is 11.0. The average Bonchev–Trinajstić information content (AvgIpc) is 3.15. The van der Waals surface area contributed by atoms with Crippen molar-refractivity contribution >= 4 is 23.8 Å². The van der Waals surface area contributed by atoms with Crippen molar-refractivity contribution in [3.63, 3.8) is 0 Å². The fourth-order valence-corrected chi connectivity index (χ4v) is 3.10. The summed E-state index contributed by atoms with van der Waals surface area (Å²) in [5.41, 5.74) is 4.15. The third kappa shape index (κ3) is 5.27. The first-order valence-corrected chi connectivity index (χ1v) is 9.48. The summed E-state index contributed by atoms with van der Waals surface area (Å²) in [6, 6.07) is 15.9. The maximum atomic E-state index is 12.0. The molecule has 0 aliphatic rings. The van der Waals surface area contributed by atoms with E-state index in [0.717, 1.165) is 22.4 Å². The molecule has 0 radical (unpaired) electrons. The van der Waals surface area contributed by atoms with Crippen LogP contribution >= 0.6 is 11.8 Å². The molecule has 0 fully saturated rings. The number of aromatic nitrogens is 4. The summed E-state index contributed by atoms with van der Waals surface area (Å²) >= 11 is 1.25. The van der Waals surface area contributed by atoms with Crippen LogP contribution in [0.2, 0.25) is 0 Å². The minimum atomic E-state index is -0.312. The molecule has 27 heavy (non-hydrogen) atoms. The number of esters is 1. The van der Waals surface area contributed by atoms with Gasteiger partial charge in [0.2, 0.25) is 5.16 Å². The molecule has 0 unspecified atom stereocenters. The molecule has 0 atom stereocenters. The van der Waals surface area contributed by atoms with Gasteiger partial charge in [-0.3, -0.25) is 4.79 Å². The van der Waals surface area contributed by atoms with E-state index in [4.69, 9.17) is 4.74 Å². The third-order valence-corrected chi connectivity index (χ3v) is 4.70. The maximum absolute atomic E-state index is 12.0. The van der Waals surface area contributed by atoms with Crippen LogP contribution in [-0.2, 0) is 9.53 Å². The van der Waals surface area contributed by atoms with E-state index >= 15 is 0 Å². The number of nitrogens with zero attached hydrogens (tertiary/aromatic N) is 4. The molecule has 3 rings (SSSR count). The predicted molar refractivity (Wildman–Crippen MR) is 106 cm³/mol. The largest absolute Gasteiger partial charge is 0.461 e. The SMILES string of the molecule is Cc1ccc(C)c(-n2nnnc2SCC(=O)OC/C=C/c2ccccc2)c1. The van der Waals surface area contributed by atoms with Gasteiger partial charge in [0.25, 0.3) is 0 Å². The minimum absolute atomic E-state index is 0.143. The van der Waals surface area contributed by atoms with Gasteiger partial charge in [-0.1, -0.05) is 60.3 Å². The van der Waals surface area contributed by atoms with Crippen molar-refractivity contribution in [1.82, 2.24) is 20.2 Å². The van der Waals surface area contributed by atoms with Gasteiger partial charge < -0.3 is 4.74 Å². The molecule has 3 aromatic rings. The number of benzene rings is 2. The lowest BCUT2D eigenvalue weighted by molar-refractivity contribution is -0.139. The van der Waals surface area contributed by atoms with E-state index in [9.17, 15) is 4.79 Å². The van der Waals surface area contributed by atoms with Crippen LogP contribution in [0.15, 0.2) is 59.8 Å². The molecule has 0 saturated carbocycles. The lowest BCUT2D eigenvalue weighted by Gasteiger charge is -2.08. The van der Waals surface area contributed by atoms with Crippen molar-refractivity contribution in [3.05, 3.63) is 71.3 Å². The van der Waals surface area contributed by atoms with Gasteiger partial charge >= 0.3 is 5.97 Å². The summed E-state index contributed by atoms with van der Waals surface area (Å²) in [7, 11) is 0. The molecule has 7 heteroatoms. The summed E-state index contributed by atoms with van der Waals surface area (Å²) in [5.74, 6) is -0.169. The van der Waals surface area contributed by atoms with Gasteiger partial charge in [0, 0.05) is 0 Å². The van der Waals surface area contributed by atoms with Gasteiger partial charge in [-0.05, 0) is 53.1 Å². The topological polar surface area (TPSA) is 69.9 Å². The minimum Gasteiger partial charge on any atom is -0.461 e. The van der Waals surface area contributed by atoms with Crippen LogP contribution < -0.4 is 0 Å². The molecular formula is C20H20N4O2S. The second-order valence-electron chi connectivity index (χ2n) is 5.95. The van der Waals surface area contributed by atoms with Crippen LogP contribution in [0, 0.1) is 13.8 Å². The van der Waals surface area contributed by atoms with Crippen LogP contribution in [0.4, 0.5) is 0 Å². The van der Waals surface area contributed by atoms with Crippen molar-refractivity contribution in [2.75, 3.05) is 12.4 Å². The molecule has 0 aliphatic carbocycles. The molecule has 0 bridgehead atoms. The molecule has 138 valence electrons. The smallest absolute Gasteiger partial charge is 0.316 e. The first-order chi connectivity index (χ1) is 13.1. The van der Waals surface area contributed by atoms with E-state index in [-0.39, 0.29) is 18.3 Å². The summed E-state index contributed by atoms with van der Waals surface area (Å²) in [5, 5.41) is 12.4. The summed E-state index contributed by atoms with van der Waals surface area (Å²) in [6.07, 6.45) is 3.74. The van der Waals surface area contributed by atoms with Gasteiger partial charge in [0.05, 0.1) is 11.4 Å². The van der Waals surface area contributed by atoms with E-state index in [2.05, 4.69) is 15.5 Å². The van der Waals surface area contributed by atoms with Gasteiger partial charge in [0.15, 0.2) is 0 Å². The molecule has 0 aliphatic heterocycles. The lowest BCUT2D eigenvalue weighted by atomic mass is 10.1. The Morgan fingerprint density at radius 3 is 2.81 bits per heavy atom. The number of hydrogen-bond donors (Lipinski definition) is 0. The lowest BCUT2D eigenvalue weighted by Crippen LogP contribution is -2.09. The van der Waals surface area contributed by atoms with E-state index in [0.29, 0.717) is 5.16 Å². The van der Waals surface area contributed by atoms with Crippen LogP contribution in [-0.4, -0.2) is 38.5 Å². The Labute approximate surface area is 162 Å². The van der Waals surface area contributed by atoms with Gasteiger partial charge in [0.1, 0.15) is 6.61 Å².